The first-order valence-corrected chi connectivity index (χ1v) is 6.69. The van der Waals surface area contributed by atoms with E-state index in [4.69, 9.17) is 21.1 Å². The number of carbonyl (C=O) groups is 1. The van der Waals surface area contributed by atoms with Crippen molar-refractivity contribution in [3.63, 3.8) is 0 Å². The number of halogens is 1. The van der Waals surface area contributed by atoms with E-state index in [9.17, 15) is 9.90 Å². The highest BCUT2D eigenvalue weighted by Crippen LogP contribution is 2.37. The Kier molecular flexibility index (Phi) is 4.70. The molecule has 1 N–H and O–H groups in total. The van der Waals surface area contributed by atoms with Gasteiger partial charge in [-0.05, 0) is 36.8 Å². The Labute approximate surface area is 127 Å². The fraction of sp³-hybridized carbons (Fsp3) is 0.188. The van der Waals surface area contributed by atoms with Crippen molar-refractivity contribution in [1.82, 2.24) is 0 Å². The number of methoxy groups -OCH3 is 1. The third-order valence-electron chi connectivity index (χ3n) is 2.94. The van der Waals surface area contributed by atoms with E-state index in [-0.39, 0.29) is 29.5 Å². The largest absolute Gasteiger partial charge is 0.507 e. The van der Waals surface area contributed by atoms with Gasteiger partial charge in [0.25, 0.3) is 0 Å². The molecule has 4 nitrogen and oxygen atoms in total. The number of phenols is 1. The van der Waals surface area contributed by atoms with E-state index in [0.29, 0.717) is 10.8 Å². The van der Waals surface area contributed by atoms with Gasteiger partial charge in [0.1, 0.15) is 17.9 Å². The Bertz CT molecular complexity index is 667. The molecule has 2 aromatic carbocycles. The van der Waals surface area contributed by atoms with Crippen LogP contribution in [0, 0.1) is 0 Å². The first-order chi connectivity index (χ1) is 10.0. The molecule has 0 saturated carbocycles. The van der Waals surface area contributed by atoms with Crippen LogP contribution in [0.5, 0.6) is 17.2 Å². The van der Waals surface area contributed by atoms with Gasteiger partial charge < -0.3 is 14.6 Å². The SMILES string of the molecule is COc1c(OCc2cccc(Cl)c2)ccc(O)c1C(C)=O. The minimum absolute atomic E-state index is 0.112. The minimum atomic E-state index is -0.294. The summed E-state index contributed by atoms with van der Waals surface area (Å²) < 4.78 is 10.9. The lowest BCUT2D eigenvalue weighted by Crippen LogP contribution is -2.03. The Hall–Kier alpha value is -2.20. The van der Waals surface area contributed by atoms with Crippen molar-refractivity contribution >= 4 is 17.4 Å². The molecule has 0 radical (unpaired) electrons. The van der Waals surface area contributed by atoms with Crippen molar-refractivity contribution in [3.8, 4) is 17.2 Å². The smallest absolute Gasteiger partial charge is 0.175 e. The summed E-state index contributed by atoms with van der Waals surface area (Å²) in [5.74, 6) is 0.192. The normalized spacial score (nSPS) is 10.2. The van der Waals surface area contributed by atoms with E-state index in [0.717, 1.165) is 5.56 Å². The zero-order valence-corrected chi connectivity index (χ0v) is 12.5. The molecule has 5 heteroatoms. The van der Waals surface area contributed by atoms with Crippen LogP contribution >= 0.6 is 11.6 Å². The Morgan fingerprint density at radius 2 is 2.05 bits per heavy atom. The second kappa shape index (κ2) is 6.50. The summed E-state index contributed by atoms with van der Waals surface area (Å²) in [5, 5.41) is 10.4. The third kappa shape index (κ3) is 3.47. The minimum Gasteiger partial charge on any atom is -0.507 e. The van der Waals surface area contributed by atoms with Gasteiger partial charge in [-0.2, -0.15) is 0 Å². The van der Waals surface area contributed by atoms with Crippen LogP contribution in [-0.4, -0.2) is 18.0 Å². The zero-order chi connectivity index (χ0) is 15.4. The van der Waals surface area contributed by atoms with Crippen LogP contribution in [-0.2, 0) is 6.61 Å². The molecule has 0 spiro atoms. The van der Waals surface area contributed by atoms with Crippen molar-refractivity contribution in [2.75, 3.05) is 7.11 Å². The van der Waals surface area contributed by atoms with E-state index in [1.165, 1.54) is 20.1 Å². The fourth-order valence-corrected chi connectivity index (χ4v) is 2.21. The summed E-state index contributed by atoms with van der Waals surface area (Å²) in [6.07, 6.45) is 0. The average molecular weight is 307 g/mol. The first-order valence-electron chi connectivity index (χ1n) is 6.31. The lowest BCUT2D eigenvalue weighted by atomic mass is 10.1. The molecule has 0 aliphatic heterocycles. The molecule has 0 atom stereocenters. The monoisotopic (exact) mass is 306 g/mol. The lowest BCUT2D eigenvalue weighted by molar-refractivity contribution is 0.101. The van der Waals surface area contributed by atoms with Gasteiger partial charge in [0.05, 0.1) is 7.11 Å². The first kappa shape index (κ1) is 15.2. The molecule has 0 aromatic heterocycles. The molecule has 110 valence electrons. The van der Waals surface area contributed by atoms with Gasteiger partial charge in [0.15, 0.2) is 17.3 Å². The van der Waals surface area contributed by atoms with E-state index in [2.05, 4.69) is 0 Å². The molecule has 0 bridgehead atoms. The van der Waals surface area contributed by atoms with Crippen molar-refractivity contribution in [2.45, 2.75) is 13.5 Å². The number of carbonyl (C=O) groups excluding carboxylic acids is 1. The van der Waals surface area contributed by atoms with Gasteiger partial charge in [-0.15, -0.1) is 0 Å². The van der Waals surface area contributed by atoms with Crippen molar-refractivity contribution < 1.29 is 19.4 Å². The molecule has 2 rings (SSSR count). The van der Waals surface area contributed by atoms with Crippen molar-refractivity contribution in [1.29, 1.82) is 0 Å². The number of Topliss-reactive ketones (excluding diaryl/α,β-unsaturated/α-hetero) is 1. The molecule has 0 unspecified atom stereocenters. The quantitative estimate of drug-likeness (QED) is 0.853. The van der Waals surface area contributed by atoms with Gasteiger partial charge in [-0.1, -0.05) is 23.7 Å². The van der Waals surface area contributed by atoms with Gasteiger partial charge in [0.2, 0.25) is 0 Å². The van der Waals surface area contributed by atoms with Crippen LogP contribution in [0.15, 0.2) is 36.4 Å². The lowest BCUT2D eigenvalue weighted by Gasteiger charge is -2.14. The summed E-state index contributed by atoms with van der Waals surface area (Å²) in [4.78, 5) is 11.6. The highest BCUT2D eigenvalue weighted by molar-refractivity contribution is 6.30. The summed E-state index contributed by atoms with van der Waals surface area (Å²) in [7, 11) is 1.42. The molecule has 0 saturated heterocycles. The van der Waals surface area contributed by atoms with E-state index in [1.807, 2.05) is 12.1 Å². The Balaban J connectivity index is 2.28. The van der Waals surface area contributed by atoms with Crippen LogP contribution in [0.4, 0.5) is 0 Å². The number of ether oxygens (including phenoxy) is 2. The highest BCUT2D eigenvalue weighted by Gasteiger charge is 2.18. The average Bonchev–Trinajstić information content (AvgIpc) is 2.45. The zero-order valence-electron chi connectivity index (χ0n) is 11.7. The maximum absolute atomic E-state index is 11.6. The van der Waals surface area contributed by atoms with Crippen LogP contribution in [0.3, 0.4) is 0 Å². The van der Waals surface area contributed by atoms with Crippen molar-refractivity contribution in [3.05, 3.63) is 52.5 Å². The number of phenolic OH excluding ortho intramolecular Hbond substituents is 1. The van der Waals surface area contributed by atoms with Gasteiger partial charge >= 0.3 is 0 Å². The molecule has 0 fully saturated rings. The molecule has 0 amide bonds. The fourth-order valence-electron chi connectivity index (χ4n) is 2.00. The number of hydrogen-bond donors (Lipinski definition) is 1. The number of hydrogen-bond acceptors (Lipinski definition) is 4. The highest BCUT2D eigenvalue weighted by atomic mass is 35.5. The molecular formula is C16H15ClO4. The van der Waals surface area contributed by atoms with Gasteiger partial charge in [0, 0.05) is 5.02 Å². The maximum Gasteiger partial charge on any atom is 0.175 e. The summed E-state index contributed by atoms with van der Waals surface area (Å²) in [6.45, 7) is 1.64. The molecule has 21 heavy (non-hydrogen) atoms. The van der Waals surface area contributed by atoms with Crippen LogP contribution in [0.1, 0.15) is 22.8 Å². The number of benzene rings is 2. The van der Waals surface area contributed by atoms with E-state index < -0.39 is 0 Å². The van der Waals surface area contributed by atoms with Gasteiger partial charge in [-0.3, -0.25) is 4.79 Å². The Morgan fingerprint density at radius 3 is 2.67 bits per heavy atom. The molecule has 0 heterocycles. The molecule has 2 aromatic rings. The van der Waals surface area contributed by atoms with Crippen molar-refractivity contribution in [2.24, 2.45) is 0 Å². The standard InChI is InChI=1S/C16H15ClO4/c1-10(18)15-13(19)6-7-14(16(15)20-2)21-9-11-4-3-5-12(17)8-11/h3-8,19H,9H2,1-2H3. The molecule has 0 aliphatic rings. The number of rotatable bonds is 5. The topological polar surface area (TPSA) is 55.8 Å². The predicted molar refractivity (Wildman–Crippen MR) is 80.4 cm³/mol. The van der Waals surface area contributed by atoms with Crippen LogP contribution in [0.2, 0.25) is 5.02 Å². The maximum atomic E-state index is 11.6. The number of aromatic hydroxyl groups is 1. The predicted octanol–water partition coefficient (Wildman–Crippen LogP) is 3.84. The van der Waals surface area contributed by atoms with Crippen LogP contribution < -0.4 is 9.47 Å². The second-order valence-electron chi connectivity index (χ2n) is 4.47. The summed E-state index contributed by atoms with van der Waals surface area (Å²) in [5.41, 5.74) is 1.00. The summed E-state index contributed by atoms with van der Waals surface area (Å²) in [6, 6.07) is 10.2. The number of ketones is 1. The molecular weight excluding hydrogens is 292 g/mol. The summed E-state index contributed by atoms with van der Waals surface area (Å²) >= 11 is 5.91. The third-order valence-corrected chi connectivity index (χ3v) is 3.17. The molecule has 0 aliphatic carbocycles. The van der Waals surface area contributed by atoms with Gasteiger partial charge in [-0.25, -0.2) is 0 Å². The van der Waals surface area contributed by atoms with Crippen LogP contribution in [0.25, 0.3) is 0 Å². The van der Waals surface area contributed by atoms with E-state index >= 15 is 0 Å². The Morgan fingerprint density at radius 1 is 1.29 bits per heavy atom. The second-order valence-corrected chi connectivity index (χ2v) is 4.90. The van der Waals surface area contributed by atoms with E-state index in [1.54, 1.807) is 18.2 Å².